The third-order valence-electron chi connectivity index (χ3n) is 2.87. The molecule has 1 aliphatic heterocycles. The third kappa shape index (κ3) is 2.87. The second-order valence-corrected chi connectivity index (χ2v) is 4.12. The summed E-state index contributed by atoms with van der Waals surface area (Å²) < 4.78 is 10.5. The number of likely N-dealkylation sites (N-methyl/N-ethyl adjacent to an activating group) is 1. The highest BCUT2D eigenvalue weighted by atomic mass is 16.5. The van der Waals surface area contributed by atoms with Crippen molar-refractivity contribution < 1.29 is 23.8 Å². The van der Waals surface area contributed by atoms with Crippen molar-refractivity contribution in [2.24, 2.45) is 0 Å². The Bertz CT molecular complexity index is 470. The fourth-order valence-corrected chi connectivity index (χ4v) is 1.97. The highest BCUT2D eigenvalue weighted by Gasteiger charge is 2.31. The second-order valence-electron chi connectivity index (χ2n) is 4.12. The van der Waals surface area contributed by atoms with Gasteiger partial charge in [0, 0.05) is 19.2 Å². The van der Waals surface area contributed by atoms with E-state index in [1.54, 1.807) is 11.0 Å². The molecule has 1 atom stereocenters. The molecule has 0 saturated carbocycles. The van der Waals surface area contributed by atoms with Gasteiger partial charge >= 0.3 is 5.97 Å². The van der Waals surface area contributed by atoms with Crippen LogP contribution in [-0.2, 0) is 9.53 Å². The maximum atomic E-state index is 11.9. The van der Waals surface area contributed by atoms with Crippen LogP contribution in [0.5, 0.6) is 0 Å². The molecule has 2 N–H and O–H groups in total. The predicted octanol–water partition coefficient (Wildman–Crippen LogP) is 0.319. The van der Waals surface area contributed by atoms with Crippen molar-refractivity contribution in [3.63, 3.8) is 0 Å². The van der Waals surface area contributed by atoms with Crippen LogP contribution >= 0.6 is 0 Å². The number of carbonyl (C=O) groups excluding carboxylic acids is 1. The fraction of sp³-hybridized carbons (Fsp3) is 0.500. The molecule has 0 spiro atoms. The van der Waals surface area contributed by atoms with Gasteiger partial charge in [-0.15, -0.1) is 0 Å². The topological polar surface area (TPSA) is 92.0 Å². The quantitative estimate of drug-likeness (QED) is 0.817. The third-order valence-corrected chi connectivity index (χ3v) is 2.87. The van der Waals surface area contributed by atoms with Gasteiger partial charge in [0.1, 0.15) is 6.04 Å². The zero-order valence-electron chi connectivity index (χ0n) is 10.6. The first-order valence-corrected chi connectivity index (χ1v) is 6.08. The zero-order chi connectivity index (χ0) is 13.8. The van der Waals surface area contributed by atoms with Crippen LogP contribution in [0.25, 0.3) is 0 Å². The minimum Gasteiger partial charge on any atom is -0.475 e. The average molecular weight is 268 g/mol. The second kappa shape index (κ2) is 5.75. The molecule has 0 bridgehead atoms. The summed E-state index contributed by atoms with van der Waals surface area (Å²) in [5.74, 6) is -1.06. The van der Waals surface area contributed by atoms with E-state index in [0.29, 0.717) is 25.6 Å². The maximum Gasteiger partial charge on any atom is 0.371 e. The molecule has 2 heterocycles. The highest BCUT2D eigenvalue weighted by Crippen LogP contribution is 2.23. The van der Waals surface area contributed by atoms with Crippen LogP contribution in [-0.4, -0.2) is 49.3 Å². The van der Waals surface area contributed by atoms with E-state index in [0.717, 1.165) is 0 Å². The van der Waals surface area contributed by atoms with E-state index in [1.165, 1.54) is 6.07 Å². The average Bonchev–Trinajstić information content (AvgIpc) is 2.88. The normalized spacial score (nSPS) is 19.2. The monoisotopic (exact) mass is 268 g/mol. The Hall–Kier alpha value is -2.02. The van der Waals surface area contributed by atoms with Gasteiger partial charge in [-0.1, -0.05) is 0 Å². The number of carbonyl (C=O) groups is 2. The van der Waals surface area contributed by atoms with E-state index < -0.39 is 12.0 Å². The van der Waals surface area contributed by atoms with E-state index in [2.05, 4.69) is 5.32 Å². The summed E-state index contributed by atoms with van der Waals surface area (Å²) in [7, 11) is 0. The Labute approximate surface area is 110 Å². The van der Waals surface area contributed by atoms with Crippen LogP contribution in [0, 0.1) is 0 Å². The van der Waals surface area contributed by atoms with Crippen LogP contribution in [0.4, 0.5) is 5.88 Å². The minimum absolute atomic E-state index is 0.142. The lowest BCUT2D eigenvalue weighted by molar-refractivity contribution is -0.124. The summed E-state index contributed by atoms with van der Waals surface area (Å²) in [4.78, 5) is 24.5. The molecular formula is C12H16N2O5. The summed E-state index contributed by atoms with van der Waals surface area (Å²) in [6, 6.07) is 2.43. The van der Waals surface area contributed by atoms with Crippen molar-refractivity contribution in [3.8, 4) is 0 Å². The van der Waals surface area contributed by atoms with Crippen LogP contribution in [0.15, 0.2) is 16.5 Å². The van der Waals surface area contributed by atoms with Crippen LogP contribution in [0.1, 0.15) is 17.5 Å². The summed E-state index contributed by atoms with van der Waals surface area (Å²) in [6.07, 6.45) is 0. The van der Waals surface area contributed by atoms with Crippen molar-refractivity contribution in [1.82, 2.24) is 5.32 Å². The summed E-state index contributed by atoms with van der Waals surface area (Å²) in [5, 5.41) is 11.6. The van der Waals surface area contributed by atoms with E-state index in [4.69, 9.17) is 14.3 Å². The highest BCUT2D eigenvalue weighted by molar-refractivity contribution is 5.87. The first kappa shape index (κ1) is 13.4. The SMILES string of the molecule is CCNC(=O)C1COCCN1c1ccc(C(=O)O)o1. The summed E-state index contributed by atoms with van der Waals surface area (Å²) in [5.41, 5.74) is 0. The molecular weight excluding hydrogens is 252 g/mol. The Kier molecular flexibility index (Phi) is 4.06. The number of morpholine rings is 1. The van der Waals surface area contributed by atoms with Gasteiger partial charge in [-0.3, -0.25) is 4.79 Å². The minimum atomic E-state index is -1.13. The van der Waals surface area contributed by atoms with Crippen molar-refractivity contribution in [3.05, 3.63) is 17.9 Å². The van der Waals surface area contributed by atoms with Gasteiger partial charge in [0.05, 0.1) is 13.2 Å². The lowest BCUT2D eigenvalue weighted by Crippen LogP contribution is -2.54. The Morgan fingerprint density at radius 1 is 1.53 bits per heavy atom. The predicted molar refractivity (Wildman–Crippen MR) is 66.3 cm³/mol. The summed E-state index contributed by atoms with van der Waals surface area (Å²) in [6.45, 7) is 3.57. The number of ether oxygens (including phenoxy) is 1. The number of rotatable bonds is 4. The Morgan fingerprint density at radius 3 is 2.95 bits per heavy atom. The number of carboxylic acids is 1. The molecule has 1 aromatic rings. The largest absolute Gasteiger partial charge is 0.475 e. The van der Waals surface area contributed by atoms with Gasteiger partial charge < -0.3 is 24.5 Å². The van der Waals surface area contributed by atoms with Crippen molar-refractivity contribution >= 4 is 17.8 Å². The first-order valence-electron chi connectivity index (χ1n) is 6.08. The van der Waals surface area contributed by atoms with Crippen LogP contribution < -0.4 is 10.2 Å². The zero-order valence-corrected chi connectivity index (χ0v) is 10.6. The van der Waals surface area contributed by atoms with Crippen LogP contribution in [0.2, 0.25) is 0 Å². The van der Waals surface area contributed by atoms with E-state index in [9.17, 15) is 9.59 Å². The molecule has 1 aromatic heterocycles. The molecule has 7 heteroatoms. The van der Waals surface area contributed by atoms with Crippen LogP contribution in [0.3, 0.4) is 0 Å². The van der Waals surface area contributed by atoms with Gasteiger partial charge in [0.25, 0.3) is 0 Å². The standard InChI is InChI=1S/C12H16N2O5/c1-2-13-11(15)8-7-18-6-5-14(8)10-4-3-9(19-10)12(16)17/h3-4,8H,2,5-7H2,1H3,(H,13,15)(H,16,17). The molecule has 7 nitrogen and oxygen atoms in total. The molecule has 1 unspecified atom stereocenters. The van der Waals surface area contributed by atoms with Gasteiger partial charge in [0.15, 0.2) is 5.88 Å². The lowest BCUT2D eigenvalue weighted by Gasteiger charge is -2.34. The summed E-state index contributed by atoms with van der Waals surface area (Å²) >= 11 is 0. The van der Waals surface area contributed by atoms with Gasteiger partial charge in [-0.05, 0) is 13.0 Å². The number of nitrogens with one attached hydrogen (secondary N) is 1. The molecule has 0 aliphatic carbocycles. The van der Waals surface area contributed by atoms with Crippen molar-refractivity contribution in [2.75, 3.05) is 31.2 Å². The van der Waals surface area contributed by atoms with E-state index in [1.807, 2.05) is 6.92 Å². The molecule has 1 fully saturated rings. The molecule has 2 rings (SSSR count). The van der Waals surface area contributed by atoms with Crippen molar-refractivity contribution in [1.29, 1.82) is 0 Å². The lowest BCUT2D eigenvalue weighted by atomic mass is 10.2. The molecule has 104 valence electrons. The van der Waals surface area contributed by atoms with E-state index >= 15 is 0 Å². The van der Waals surface area contributed by atoms with Gasteiger partial charge in [-0.25, -0.2) is 4.79 Å². The number of anilines is 1. The molecule has 19 heavy (non-hydrogen) atoms. The van der Waals surface area contributed by atoms with Gasteiger partial charge in [0.2, 0.25) is 11.7 Å². The molecule has 1 saturated heterocycles. The number of furan rings is 1. The van der Waals surface area contributed by atoms with E-state index in [-0.39, 0.29) is 18.3 Å². The number of aromatic carboxylic acids is 1. The molecule has 0 aromatic carbocycles. The number of hydrogen-bond donors (Lipinski definition) is 2. The Morgan fingerprint density at radius 2 is 2.32 bits per heavy atom. The number of nitrogens with zero attached hydrogens (tertiary/aromatic N) is 1. The molecule has 0 radical (unpaired) electrons. The van der Waals surface area contributed by atoms with Gasteiger partial charge in [-0.2, -0.15) is 0 Å². The number of carboxylic acid groups (broad SMARTS) is 1. The first-order chi connectivity index (χ1) is 9.13. The number of amides is 1. The smallest absolute Gasteiger partial charge is 0.371 e. The molecule has 1 amide bonds. The molecule has 1 aliphatic rings. The van der Waals surface area contributed by atoms with Crippen molar-refractivity contribution in [2.45, 2.75) is 13.0 Å². The maximum absolute atomic E-state index is 11.9. The fourth-order valence-electron chi connectivity index (χ4n) is 1.97. The number of hydrogen-bond acceptors (Lipinski definition) is 5. The Balaban J connectivity index is 2.18.